The SMILES string of the molecule is Nc1ccc2c(c1)S(=O)(=O)CCC2N. The van der Waals surface area contributed by atoms with Gasteiger partial charge in [0.2, 0.25) is 0 Å². The van der Waals surface area contributed by atoms with Gasteiger partial charge < -0.3 is 11.5 Å². The second kappa shape index (κ2) is 2.96. The summed E-state index contributed by atoms with van der Waals surface area (Å²) >= 11 is 0. The Hall–Kier alpha value is -1.07. The third kappa shape index (κ3) is 1.38. The lowest BCUT2D eigenvalue weighted by molar-refractivity contribution is 0.569. The van der Waals surface area contributed by atoms with E-state index in [0.29, 0.717) is 22.6 Å². The summed E-state index contributed by atoms with van der Waals surface area (Å²) < 4.78 is 23.3. The summed E-state index contributed by atoms with van der Waals surface area (Å²) in [6, 6.07) is 4.68. The van der Waals surface area contributed by atoms with Crippen molar-refractivity contribution < 1.29 is 8.42 Å². The van der Waals surface area contributed by atoms with Crippen LogP contribution >= 0.6 is 0 Å². The zero-order valence-corrected chi connectivity index (χ0v) is 8.42. The van der Waals surface area contributed by atoms with Crippen LogP contribution in [0.3, 0.4) is 0 Å². The van der Waals surface area contributed by atoms with Gasteiger partial charge in [-0.05, 0) is 24.1 Å². The van der Waals surface area contributed by atoms with E-state index in [1.54, 1.807) is 12.1 Å². The highest BCUT2D eigenvalue weighted by molar-refractivity contribution is 7.91. The first-order valence-corrected chi connectivity index (χ1v) is 6.04. The van der Waals surface area contributed by atoms with E-state index in [2.05, 4.69) is 0 Å². The Bertz CT molecular complexity index is 468. The summed E-state index contributed by atoms with van der Waals surface area (Å²) in [5.41, 5.74) is 12.5. The molecule has 1 aromatic carbocycles. The number of benzene rings is 1. The molecule has 14 heavy (non-hydrogen) atoms. The molecular formula is C9H12N2O2S. The Morgan fingerprint density at radius 2 is 2.07 bits per heavy atom. The van der Waals surface area contributed by atoms with Crippen LogP contribution in [0.1, 0.15) is 18.0 Å². The van der Waals surface area contributed by atoms with Crippen molar-refractivity contribution in [1.29, 1.82) is 0 Å². The Labute approximate surface area is 82.8 Å². The summed E-state index contributed by atoms with van der Waals surface area (Å²) in [6.07, 6.45) is 0.485. The average molecular weight is 212 g/mol. The Balaban J connectivity index is 2.70. The van der Waals surface area contributed by atoms with Crippen LogP contribution in [0.15, 0.2) is 23.1 Å². The fourth-order valence-corrected chi connectivity index (χ4v) is 3.35. The quantitative estimate of drug-likeness (QED) is 0.611. The molecule has 0 bridgehead atoms. The molecular weight excluding hydrogens is 200 g/mol. The van der Waals surface area contributed by atoms with Gasteiger partial charge in [-0.25, -0.2) is 8.42 Å². The minimum atomic E-state index is -3.16. The molecule has 1 aliphatic rings. The molecule has 76 valence electrons. The third-order valence-electron chi connectivity index (χ3n) is 2.47. The fourth-order valence-electron chi connectivity index (χ4n) is 1.67. The van der Waals surface area contributed by atoms with Crippen LogP contribution in [0.25, 0.3) is 0 Å². The first kappa shape index (κ1) is 9.48. The molecule has 0 saturated heterocycles. The number of hydrogen-bond acceptors (Lipinski definition) is 4. The van der Waals surface area contributed by atoms with Crippen LogP contribution < -0.4 is 11.5 Å². The van der Waals surface area contributed by atoms with Crippen LogP contribution in [0.4, 0.5) is 5.69 Å². The molecule has 0 radical (unpaired) electrons. The van der Waals surface area contributed by atoms with Gasteiger partial charge in [-0.15, -0.1) is 0 Å². The highest BCUT2D eigenvalue weighted by atomic mass is 32.2. The molecule has 4 nitrogen and oxygen atoms in total. The molecule has 0 amide bonds. The maximum atomic E-state index is 11.7. The zero-order valence-electron chi connectivity index (χ0n) is 7.60. The summed E-state index contributed by atoms with van der Waals surface area (Å²) in [5, 5.41) is 0. The van der Waals surface area contributed by atoms with Gasteiger partial charge in [0.1, 0.15) is 0 Å². The molecule has 1 aromatic rings. The molecule has 5 heteroatoms. The number of hydrogen-bond donors (Lipinski definition) is 2. The van der Waals surface area contributed by atoms with Crippen molar-refractivity contribution in [2.75, 3.05) is 11.5 Å². The van der Waals surface area contributed by atoms with E-state index in [4.69, 9.17) is 11.5 Å². The van der Waals surface area contributed by atoms with Gasteiger partial charge in [0.05, 0.1) is 10.6 Å². The van der Waals surface area contributed by atoms with Gasteiger partial charge >= 0.3 is 0 Å². The normalized spacial score (nSPS) is 24.2. The summed E-state index contributed by atoms with van der Waals surface area (Å²) in [5.74, 6) is 0.116. The molecule has 1 heterocycles. The Morgan fingerprint density at radius 3 is 2.79 bits per heavy atom. The van der Waals surface area contributed by atoms with Crippen molar-refractivity contribution in [1.82, 2.24) is 0 Å². The molecule has 2 rings (SSSR count). The topological polar surface area (TPSA) is 86.2 Å². The maximum absolute atomic E-state index is 11.7. The summed E-state index contributed by atoms with van der Waals surface area (Å²) in [4.78, 5) is 0.302. The van der Waals surface area contributed by atoms with Gasteiger partial charge in [0, 0.05) is 11.7 Å². The molecule has 1 aliphatic heterocycles. The van der Waals surface area contributed by atoms with Crippen molar-refractivity contribution in [3.63, 3.8) is 0 Å². The average Bonchev–Trinajstić information content (AvgIpc) is 2.12. The van der Waals surface area contributed by atoms with E-state index in [1.807, 2.05) is 0 Å². The van der Waals surface area contributed by atoms with Crippen molar-refractivity contribution in [2.24, 2.45) is 5.73 Å². The van der Waals surface area contributed by atoms with Crippen molar-refractivity contribution in [2.45, 2.75) is 17.4 Å². The van der Waals surface area contributed by atoms with Gasteiger partial charge in [-0.2, -0.15) is 0 Å². The molecule has 1 unspecified atom stereocenters. The first-order valence-electron chi connectivity index (χ1n) is 4.38. The second-order valence-corrected chi connectivity index (χ2v) is 5.59. The van der Waals surface area contributed by atoms with Crippen LogP contribution in [0, 0.1) is 0 Å². The molecule has 0 aromatic heterocycles. The van der Waals surface area contributed by atoms with E-state index >= 15 is 0 Å². The zero-order chi connectivity index (χ0) is 10.3. The van der Waals surface area contributed by atoms with Crippen molar-refractivity contribution in [3.8, 4) is 0 Å². The van der Waals surface area contributed by atoms with E-state index in [1.165, 1.54) is 6.07 Å². The van der Waals surface area contributed by atoms with Gasteiger partial charge in [-0.3, -0.25) is 0 Å². The molecule has 0 fully saturated rings. The smallest absolute Gasteiger partial charge is 0.178 e. The lowest BCUT2D eigenvalue weighted by Gasteiger charge is -2.22. The molecule has 0 saturated carbocycles. The minimum Gasteiger partial charge on any atom is -0.399 e. The monoisotopic (exact) mass is 212 g/mol. The standard InChI is InChI=1S/C9H12N2O2S/c10-6-1-2-7-8(11)3-4-14(12,13)9(7)5-6/h1-2,5,8H,3-4,10-11H2. The van der Waals surface area contributed by atoms with Gasteiger partial charge in [-0.1, -0.05) is 6.07 Å². The van der Waals surface area contributed by atoms with E-state index < -0.39 is 9.84 Å². The number of nitrogens with two attached hydrogens (primary N) is 2. The van der Waals surface area contributed by atoms with Crippen LogP contribution in [-0.2, 0) is 9.84 Å². The highest BCUT2D eigenvalue weighted by Gasteiger charge is 2.28. The first-order chi connectivity index (χ1) is 6.50. The van der Waals surface area contributed by atoms with Crippen LogP contribution in [-0.4, -0.2) is 14.2 Å². The fraction of sp³-hybridized carbons (Fsp3) is 0.333. The minimum absolute atomic E-state index is 0.116. The summed E-state index contributed by atoms with van der Waals surface area (Å²) in [6.45, 7) is 0. The van der Waals surface area contributed by atoms with E-state index in [0.717, 1.165) is 0 Å². The molecule has 0 spiro atoms. The van der Waals surface area contributed by atoms with Crippen molar-refractivity contribution in [3.05, 3.63) is 23.8 Å². The van der Waals surface area contributed by atoms with Gasteiger partial charge in [0.15, 0.2) is 9.84 Å². The number of rotatable bonds is 0. The van der Waals surface area contributed by atoms with Crippen LogP contribution in [0.2, 0.25) is 0 Å². The maximum Gasteiger partial charge on any atom is 0.178 e. The van der Waals surface area contributed by atoms with Crippen molar-refractivity contribution >= 4 is 15.5 Å². The lowest BCUT2D eigenvalue weighted by Crippen LogP contribution is -2.25. The number of anilines is 1. The Kier molecular flexibility index (Phi) is 2.01. The molecule has 1 atom stereocenters. The van der Waals surface area contributed by atoms with E-state index in [9.17, 15) is 8.42 Å². The number of fused-ring (bicyclic) bond motifs is 1. The largest absolute Gasteiger partial charge is 0.399 e. The van der Waals surface area contributed by atoms with Gasteiger partial charge in [0.25, 0.3) is 0 Å². The summed E-state index contributed by atoms with van der Waals surface area (Å²) in [7, 11) is -3.16. The lowest BCUT2D eigenvalue weighted by atomic mass is 10.0. The predicted molar refractivity (Wildman–Crippen MR) is 54.5 cm³/mol. The highest BCUT2D eigenvalue weighted by Crippen LogP contribution is 2.31. The van der Waals surface area contributed by atoms with Crippen LogP contribution in [0.5, 0.6) is 0 Å². The molecule has 0 aliphatic carbocycles. The second-order valence-electron chi connectivity index (χ2n) is 3.51. The molecule has 4 N–H and O–H groups in total. The van der Waals surface area contributed by atoms with E-state index in [-0.39, 0.29) is 11.8 Å². The third-order valence-corrected chi connectivity index (χ3v) is 4.27. The Morgan fingerprint density at radius 1 is 1.36 bits per heavy atom. The predicted octanol–water partition coefficient (Wildman–Crippen LogP) is 0.446. The number of nitrogen functional groups attached to an aromatic ring is 1. The number of sulfone groups is 1.